The number of carbonyl (C=O) groups excluding carboxylic acids is 1. The van der Waals surface area contributed by atoms with Crippen molar-refractivity contribution in [3.8, 4) is 5.75 Å². The van der Waals surface area contributed by atoms with E-state index in [-0.39, 0.29) is 16.7 Å². The van der Waals surface area contributed by atoms with Crippen LogP contribution in [0.5, 0.6) is 5.75 Å². The predicted octanol–water partition coefficient (Wildman–Crippen LogP) is 4.35. The van der Waals surface area contributed by atoms with E-state index in [0.29, 0.717) is 5.56 Å². The molecular formula is C20H25NO5S. The van der Waals surface area contributed by atoms with Gasteiger partial charge in [0, 0.05) is 0 Å². The molecule has 0 aliphatic rings. The van der Waals surface area contributed by atoms with Crippen LogP contribution in [0.2, 0.25) is 0 Å². The Labute approximate surface area is 160 Å². The lowest BCUT2D eigenvalue weighted by Crippen LogP contribution is -2.34. The SMILES string of the molecule is Cc1ccc(S(=O)(=O)Oc2cccc(C(C)NC(=O)OC(C)(C)C)c2)cc1. The minimum atomic E-state index is -3.93. The van der Waals surface area contributed by atoms with Crippen LogP contribution in [0, 0.1) is 6.92 Å². The fraction of sp³-hybridized carbons (Fsp3) is 0.350. The number of alkyl carbamates (subject to hydrolysis) is 1. The summed E-state index contributed by atoms with van der Waals surface area (Å²) < 4.78 is 35.3. The molecule has 0 aliphatic heterocycles. The van der Waals surface area contributed by atoms with Gasteiger partial charge < -0.3 is 14.2 Å². The minimum Gasteiger partial charge on any atom is -0.444 e. The minimum absolute atomic E-state index is 0.0819. The summed E-state index contributed by atoms with van der Waals surface area (Å²) in [6.45, 7) is 8.99. The molecule has 27 heavy (non-hydrogen) atoms. The van der Waals surface area contributed by atoms with Crippen molar-refractivity contribution < 1.29 is 22.1 Å². The summed E-state index contributed by atoms with van der Waals surface area (Å²) in [5.74, 6) is 0.172. The van der Waals surface area contributed by atoms with Gasteiger partial charge in [-0.3, -0.25) is 0 Å². The Balaban J connectivity index is 2.12. The zero-order chi connectivity index (χ0) is 20.2. The van der Waals surface area contributed by atoms with E-state index in [2.05, 4.69) is 5.32 Å². The van der Waals surface area contributed by atoms with Gasteiger partial charge in [-0.1, -0.05) is 29.8 Å². The molecule has 7 heteroatoms. The Morgan fingerprint density at radius 3 is 2.30 bits per heavy atom. The first-order chi connectivity index (χ1) is 12.5. The molecule has 0 saturated carbocycles. The average Bonchev–Trinajstić information content (AvgIpc) is 2.53. The Morgan fingerprint density at radius 2 is 1.70 bits per heavy atom. The van der Waals surface area contributed by atoms with E-state index in [1.165, 1.54) is 12.1 Å². The number of carbonyl (C=O) groups is 1. The van der Waals surface area contributed by atoms with Crippen LogP contribution in [0.15, 0.2) is 53.4 Å². The number of benzene rings is 2. The molecule has 146 valence electrons. The molecule has 0 saturated heterocycles. The van der Waals surface area contributed by atoms with Crippen LogP contribution in [0.1, 0.15) is 44.9 Å². The molecule has 1 N–H and O–H groups in total. The quantitative estimate of drug-likeness (QED) is 0.767. The molecule has 0 spiro atoms. The number of ether oxygens (including phenoxy) is 1. The van der Waals surface area contributed by atoms with Crippen molar-refractivity contribution in [2.75, 3.05) is 0 Å². The monoisotopic (exact) mass is 391 g/mol. The van der Waals surface area contributed by atoms with Gasteiger partial charge >= 0.3 is 16.2 Å². The number of aryl methyl sites for hydroxylation is 1. The zero-order valence-electron chi connectivity index (χ0n) is 16.1. The van der Waals surface area contributed by atoms with Crippen LogP contribution in [-0.4, -0.2) is 20.1 Å². The van der Waals surface area contributed by atoms with Gasteiger partial charge in [0.05, 0.1) is 6.04 Å². The molecule has 0 bridgehead atoms. The van der Waals surface area contributed by atoms with Gasteiger partial charge in [0.15, 0.2) is 0 Å². The smallest absolute Gasteiger partial charge is 0.408 e. The number of hydrogen-bond donors (Lipinski definition) is 1. The molecule has 0 aromatic heterocycles. The number of nitrogens with one attached hydrogen (secondary N) is 1. The molecular weight excluding hydrogens is 366 g/mol. The Kier molecular flexibility index (Phi) is 6.15. The highest BCUT2D eigenvalue weighted by Crippen LogP contribution is 2.23. The van der Waals surface area contributed by atoms with Crippen molar-refractivity contribution >= 4 is 16.2 Å². The fourth-order valence-electron chi connectivity index (χ4n) is 2.28. The third kappa shape index (κ3) is 6.29. The van der Waals surface area contributed by atoms with E-state index in [9.17, 15) is 13.2 Å². The van der Waals surface area contributed by atoms with Crippen molar-refractivity contribution in [3.05, 3.63) is 59.7 Å². The molecule has 1 amide bonds. The second-order valence-electron chi connectivity index (χ2n) is 7.29. The van der Waals surface area contributed by atoms with Crippen molar-refractivity contribution in [3.63, 3.8) is 0 Å². The van der Waals surface area contributed by atoms with E-state index < -0.39 is 21.8 Å². The number of rotatable bonds is 5. The Hall–Kier alpha value is -2.54. The Bertz CT molecular complexity index is 899. The van der Waals surface area contributed by atoms with Crippen molar-refractivity contribution in [1.29, 1.82) is 0 Å². The third-order valence-corrected chi connectivity index (χ3v) is 4.87. The van der Waals surface area contributed by atoms with Crippen LogP contribution >= 0.6 is 0 Å². The summed E-state index contributed by atoms with van der Waals surface area (Å²) in [4.78, 5) is 12.0. The average molecular weight is 391 g/mol. The van der Waals surface area contributed by atoms with Crippen LogP contribution in [0.25, 0.3) is 0 Å². The highest BCUT2D eigenvalue weighted by molar-refractivity contribution is 7.87. The topological polar surface area (TPSA) is 81.7 Å². The molecule has 0 fully saturated rings. The van der Waals surface area contributed by atoms with Gasteiger partial charge in [-0.25, -0.2) is 4.79 Å². The highest BCUT2D eigenvalue weighted by Gasteiger charge is 2.20. The summed E-state index contributed by atoms with van der Waals surface area (Å²) in [6, 6.07) is 12.6. The normalized spacial score (nSPS) is 12.9. The summed E-state index contributed by atoms with van der Waals surface area (Å²) in [7, 11) is -3.93. The van der Waals surface area contributed by atoms with Gasteiger partial charge in [-0.2, -0.15) is 8.42 Å². The van der Waals surface area contributed by atoms with Crippen molar-refractivity contribution in [2.45, 2.75) is 51.2 Å². The summed E-state index contributed by atoms with van der Waals surface area (Å²) >= 11 is 0. The molecule has 0 radical (unpaired) electrons. The fourth-order valence-corrected chi connectivity index (χ4v) is 3.21. The number of amides is 1. The lowest BCUT2D eigenvalue weighted by atomic mass is 10.1. The standard InChI is InChI=1S/C20H25NO5S/c1-14-9-11-18(12-10-14)27(23,24)26-17-8-6-7-16(13-17)15(2)21-19(22)25-20(3,4)5/h6-13,15H,1-5H3,(H,21,22). The largest absolute Gasteiger partial charge is 0.444 e. The maximum atomic E-state index is 12.4. The number of hydrogen-bond acceptors (Lipinski definition) is 5. The van der Waals surface area contributed by atoms with Gasteiger partial charge in [0.2, 0.25) is 0 Å². The first-order valence-electron chi connectivity index (χ1n) is 8.57. The van der Waals surface area contributed by atoms with E-state index in [4.69, 9.17) is 8.92 Å². The maximum Gasteiger partial charge on any atom is 0.408 e. The molecule has 6 nitrogen and oxygen atoms in total. The molecule has 2 aromatic carbocycles. The predicted molar refractivity (Wildman–Crippen MR) is 103 cm³/mol. The van der Waals surface area contributed by atoms with Crippen LogP contribution in [0.4, 0.5) is 4.79 Å². The third-order valence-electron chi connectivity index (χ3n) is 3.61. The van der Waals surface area contributed by atoms with Gasteiger partial charge in [-0.05, 0) is 64.4 Å². The molecule has 1 unspecified atom stereocenters. The Morgan fingerprint density at radius 1 is 1.07 bits per heavy atom. The van der Waals surface area contributed by atoms with E-state index in [0.717, 1.165) is 5.56 Å². The first kappa shape index (κ1) is 20.8. The van der Waals surface area contributed by atoms with Gasteiger partial charge in [-0.15, -0.1) is 0 Å². The van der Waals surface area contributed by atoms with E-state index >= 15 is 0 Å². The van der Waals surface area contributed by atoms with E-state index in [1.807, 2.05) is 6.92 Å². The molecule has 0 aliphatic carbocycles. The molecule has 1 atom stereocenters. The van der Waals surface area contributed by atoms with Crippen LogP contribution in [0.3, 0.4) is 0 Å². The first-order valence-corrected chi connectivity index (χ1v) is 9.98. The summed E-state index contributed by atoms with van der Waals surface area (Å²) in [6.07, 6.45) is -0.548. The van der Waals surface area contributed by atoms with Crippen LogP contribution < -0.4 is 9.50 Å². The molecule has 2 rings (SSSR count). The van der Waals surface area contributed by atoms with Gasteiger partial charge in [0.1, 0.15) is 16.2 Å². The maximum absolute atomic E-state index is 12.4. The molecule has 2 aromatic rings. The zero-order valence-corrected chi connectivity index (χ0v) is 17.0. The summed E-state index contributed by atoms with van der Waals surface area (Å²) in [5.41, 5.74) is 1.05. The van der Waals surface area contributed by atoms with E-state index in [1.54, 1.807) is 64.1 Å². The molecule has 0 heterocycles. The lowest BCUT2D eigenvalue weighted by molar-refractivity contribution is 0.0508. The second kappa shape index (κ2) is 8.00. The van der Waals surface area contributed by atoms with Crippen molar-refractivity contribution in [1.82, 2.24) is 5.32 Å². The highest BCUT2D eigenvalue weighted by atomic mass is 32.2. The summed E-state index contributed by atoms with van der Waals surface area (Å²) in [5, 5.41) is 2.71. The second-order valence-corrected chi connectivity index (χ2v) is 8.84. The van der Waals surface area contributed by atoms with Crippen molar-refractivity contribution in [2.24, 2.45) is 0 Å². The van der Waals surface area contributed by atoms with Crippen LogP contribution in [-0.2, 0) is 14.9 Å². The van der Waals surface area contributed by atoms with Gasteiger partial charge in [0.25, 0.3) is 0 Å². The lowest BCUT2D eigenvalue weighted by Gasteiger charge is -2.22.